The average Bonchev–Trinajstić information content (AvgIpc) is 2.82. The maximum absolute atomic E-state index is 6.13. The van der Waals surface area contributed by atoms with Gasteiger partial charge in [-0.3, -0.25) is 0 Å². The number of hydrogen-bond donors (Lipinski definition) is 1. The molecule has 1 N–H and O–H groups in total. The van der Waals surface area contributed by atoms with Crippen molar-refractivity contribution in [2.24, 2.45) is 0 Å². The SMILES string of the molecule is CCNC(c1csc(I)c1)c1cc(Cl)ccc1OC. The number of halogens is 2. The summed E-state index contributed by atoms with van der Waals surface area (Å²) < 4.78 is 6.73. The number of thiophene rings is 1. The van der Waals surface area contributed by atoms with Crippen molar-refractivity contribution in [1.29, 1.82) is 0 Å². The number of rotatable bonds is 5. The molecule has 0 amide bonds. The van der Waals surface area contributed by atoms with E-state index < -0.39 is 0 Å². The molecule has 0 bridgehead atoms. The highest BCUT2D eigenvalue weighted by atomic mass is 127. The lowest BCUT2D eigenvalue weighted by molar-refractivity contribution is 0.404. The summed E-state index contributed by atoms with van der Waals surface area (Å²) >= 11 is 10.2. The second kappa shape index (κ2) is 6.92. The Labute approximate surface area is 136 Å². The van der Waals surface area contributed by atoms with E-state index in [1.807, 2.05) is 18.2 Å². The van der Waals surface area contributed by atoms with Gasteiger partial charge in [-0.05, 0) is 64.3 Å². The van der Waals surface area contributed by atoms with Crippen molar-refractivity contribution >= 4 is 45.5 Å². The fraction of sp³-hybridized carbons (Fsp3) is 0.286. The van der Waals surface area contributed by atoms with Crippen LogP contribution in [0.25, 0.3) is 0 Å². The van der Waals surface area contributed by atoms with E-state index in [2.05, 4.69) is 46.3 Å². The Kier molecular flexibility index (Phi) is 5.50. The molecule has 1 aromatic carbocycles. The van der Waals surface area contributed by atoms with Crippen LogP contribution in [0.15, 0.2) is 29.6 Å². The molecule has 0 aliphatic heterocycles. The molecular formula is C14H15ClINOS. The second-order valence-electron chi connectivity index (χ2n) is 4.06. The summed E-state index contributed by atoms with van der Waals surface area (Å²) in [5.74, 6) is 0.858. The number of hydrogen-bond acceptors (Lipinski definition) is 3. The summed E-state index contributed by atoms with van der Waals surface area (Å²) in [5, 5.41) is 6.40. The third-order valence-corrected chi connectivity index (χ3v) is 4.87. The quantitative estimate of drug-likeness (QED) is 0.725. The molecule has 1 unspecified atom stereocenters. The predicted octanol–water partition coefficient (Wildman–Crippen LogP) is 4.71. The van der Waals surface area contributed by atoms with Gasteiger partial charge < -0.3 is 10.1 Å². The smallest absolute Gasteiger partial charge is 0.124 e. The van der Waals surface area contributed by atoms with Crippen LogP contribution in [-0.4, -0.2) is 13.7 Å². The largest absolute Gasteiger partial charge is 0.496 e. The van der Waals surface area contributed by atoms with Crippen molar-refractivity contribution in [2.75, 3.05) is 13.7 Å². The van der Waals surface area contributed by atoms with Crippen LogP contribution < -0.4 is 10.1 Å². The predicted molar refractivity (Wildman–Crippen MR) is 90.6 cm³/mol. The van der Waals surface area contributed by atoms with E-state index in [-0.39, 0.29) is 6.04 Å². The topological polar surface area (TPSA) is 21.3 Å². The van der Waals surface area contributed by atoms with Crippen LogP contribution in [0.2, 0.25) is 5.02 Å². The Hall–Kier alpha value is -0.300. The molecule has 0 fully saturated rings. The van der Waals surface area contributed by atoms with Crippen LogP contribution in [0.3, 0.4) is 0 Å². The highest BCUT2D eigenvalue weighted by Crippen LogP contribution is 2.34. The molecule has 1 atom stereocenters. The van der Waals surface area contributed by atoms with Gasteiger partial charge in [0.1, 0.15) is 5.75 Å². The normalized spacial score (nSPS) is 12.4. The van der Waals surface area contributed by atoms with Gasteiger partial charge in [-0.2, -0.15) is 0 Å². The first kappa shape index (κ1) is 15.1. The molecule has 2 rings (SSSR count). The van der Waals surface area contributed by atoms with Crippen LogP contribution in [0.5, 0.6) is 5.75 Å². The summed E-state index contributed by atoms with van der Waals surface area (Å²) in [7, 11) is 1.69. The molecule has 2 nitrogen and oxygen atoms in total. The Bertz CT molecular complexity index is 558. The Morgan fingerprint density at radius 2 is 2.21 bits per heavy atom. The maximum Gasteiger partial charge on any atom is 0.124 e. The molecule has 0 spiro atoms. The summed E-state index contributed by atoms with van der Waals surface area (Å²) in [5.41, 5.74) is 2.32. The second-order valence-corrected chi connectivity index (χ2v) is 7.30. The number of methoxy groups -OCH3 is 1. The van der Waals surface area contributed by atoms with Crippen molar-refractivity contribution in [1.82, 2.24) is 5.32 Å². The zero-order chi connectivity index (χ0) is 13.8. The van der Waals surface area contributed by atoms with Crippen LogP contribution in [0.4, 0.5) is 0 Å². The van der Waals surface area contributed by atoms with Crippen molar-refractivity contribution < 1.29 is 4.74 Å². The molecule has 19 heavy (non-hydrogen) atoms. The zero-order valence-corrected chi connectivity index (χ0v) is 14.5. The van der Waals surface area contributed by atoms with Gasteiger partial charge in [0.05, 0.1) is 16.0 Å². The summed E-state index contributed by atoms with van der Waals surface area (Å²) in [6, 6.07) is 8.04. The lowest BCUT2D eigenvalue weighted by Gasteiger charge is -2.20. The molecule has 5 heteroatoms. The Morgan fingerprint density at radius 1 is 1.42 bits per heavy atom. The number of benzene rings is 1. The molecule has 2 aromatic rings. The minimum Gasteiger partial charge on any atom is -0.496 e. The van der Waals surface area contributed by atoms with Crippen molar-refractivity contribution in [3.8, 4) is 5.75 Å². The monoisotopic (exact) mass is 407 g/mol. The van der Waals surface area contributed by atoms with Crippen molar-refractivity contribution in [3.05, 3.63) is 48.7 Å². The molecule has 0 saturated carbocycles. The van der Waals surface area contributed by atoms with E-state index in [0.717, 1.165) is 22.9 Å². The molecule has 1 aromatic heterocycles. The molecule has 1 heterocycles. The van der Waals surface area contributed by atoms with Crippen LogP contribution in [0.1, 0.15) is 24.1 Å². The molecule has 0 radical (unpaired) electrons. The highest BCUT2D eigenvalue weighted by Gasteiger charge is 2.19. The van der Waals surface area contributed by atoms with Gasteiger partial charge in [-0.25, -0.2) is 0 Å². The molecular weight excluding hydrogens is 393 g/mol. The van der Waals surface area contributed by atoms with E-state index >= 15 is 0 Å². The molecule has 0 aliphatic rings. The minimum absolute atomic E-state index is 0.110. The Balaban J connectivity index is 2.46. The van der Waals surface area contributed by atoms with Crippen LogP contribution >= 0.6 is 45.5 Å². The first-order valence-electron chi connectivity index (χ1n) is 5.96. The standard InChI is InChI=1S/C14H15ClINOS/c1-3-17-14(9-6-13(16)19-8-9)11-7-10(15)4-5-12(11)18-2/h4-8,14,17H,3H2,1-2H3. The van der Waals surface area contributed by atoms with Gasteiger partial charge in [-0.1, -0.05) is 18.5 Å². The summed E-state index contributed by atoms with van der Waals surface area (Å²) in [4.78, 5) is 0. The lowest BCUT2D eigenvalue weighted by atomic mass is 10.00. The van der Waals surface area contributed by atoms with Gasteiger partial charge in [0.2, 0.25) is 0 Å². The van der Waals surface area contributed by atoms with Gasteiger partial charge >= 0.3 is 0 Å². The fourth-order valence-corrected chi connectivity index (χ4v) is 3.60. The third-order valence-electron chi connectivity index (χ3n) is 2.83. The summed E-state index contributed by atoms with van der Waals surface area (Å²) in [6.07, 6.45) is 0. The molecule has 102 valence electrons. The summed E-state index contributed by atoms with van der Waals surface area (Å²) in [6.45, 7) is 2.98. The van der Waals surface area contributed by atoms with Gasteiger partial charge in [0, 0.05) is 10.6 Å². The first-order valence-corrected chi connectivity index (χ1v) is 8.30. The molecule has 0 saturated heterocycles. The minimum atomic E-state index is 0.110. The van der Waals surface area contributed by atoms with E-state index in [9.17, 15) is 0 Å². The van der Waals surface area contributed by atoms with Gasteiger partial charge in [0.25, 0.3) is 0 Å². The van der Waals surface area contributed by atoms with Crippen LogP contribution in [-0.2, 0) is 0 Å². The Morgan fingerprint density at radius 3 is 2.79 bits per heavy atom. The van der Waals surface area contributed by atoms with Gasteiger partial charge in [0.15, 0.2) is 0 Å². The zero-order valence-electron chi connectivity index (χ0n) is 10.7. The highest BCUT2D eigenvalue weighted by molar-refractivity contribution is 14.1. The number of nitrogens with one attached hydrogen (secondary N) is 1. The lowest BCUT2D eigenvalue weighted by Crippen LogP contribution is -2.22. The first-order chi connectivity index (χ1) is 9.15. The average molecular weight is 408 g/mol. The van der Waals surface area contributed by atoms with Crippen molar-refractivity contribution in [2.45, 2.75) is 13.0 Å². The van der Waals surface area contributed by atoms with Crippen LogP contribution in [0, 0.1) is 2.88 Å². The fourth-order valence-electron chi connectivity index (χ4n) is 2.02. The number of ether oxygens (including phenoxy) is 1. The van der Waals surface area contributed by atoms with E-state index in [4.69, 9.17) is 16.3 Å². The van der Waals surface area contributed by atoms with Gasteiger partial charge in [-0.15, -0.1) is 11.3 Å². The third kappa shape index (κ3) is 3.62. The maximum atomic E-state index is 6.13. The van der Waals surface area contributed by atoms with E-state index in [1.165, 1.54) is 8.45 Å². The molecule has 0 aliphatic carbocycles. The van der Waals surface area contributed by atoms with E-state index in [0.29, 0.717) is 0 Å². The van der Waals surface area contributed by atoms with Crippen molar-refractivity contribution in [3.63, 3.8) is 0 Å². The van der Waals surface area contributed by atoms with E-state index in [1.54, 1.807) is 18.4 Å².